The number of hydrogen-bond acceptors (Lipinski definition) is 1. The van der Waals surface area contributed by atoms with Crippen LogP contribution in [0.1, 0.15) is 17.2 Å². The van der Waals surface area contributed by atoms with Crippen molar-refractivity contribution in [3.8, 4) is 0 Å². The largest absolute Gasteiger partial charge is 0.324 e. The number of rotatable bonds is 3. The maximum Gasteiger partial charge on any atom is 0.146 e. The molecule has 0 saturated carbocycles. The number of hydrogen-bond donors (Lipinski definition) is 1. The van der Waals surface area contributed by atoms with Gasteiger partial charge in [0.2, 0.25) is 0 Å². The van der Waals surface area contributed by atoms with Crippen molar-refractivity contribution in [3.05, 3.63) is 69.2 Å². The molecule has 100 valence electrons. The average Bonchev–Trinajstić information content (AvgIpc) is 2.38. The fraction of sp³-hybridized carbons (Fsp3) is 0.143. The molecule has 0 aromatic heterocycles. The zero-order valence-corrected chi connectivity index (χ0v) is 11.3. The van der Waals surface area contributed by atoms with Gasteiger partial charge in [0.25, 0.3) is 0 Å². The summed E-state index contributed by atoms with van der Waals surface area (Å²) < 4.78 is 27.1. The number of benzene rings is 2. The quantitative estimate of drug-likeness (QED) is 0.886. The first-order valence-electron chi connectivity index (χ1n) is 5.63. The van der Waals surface area contributed by atoms with Crippen LogP contribution in [0, 0.1) is 11.6 Å². The minimum Gasteiger partial charge on any atom is -0.324 e. The van der Waals surface area contributed by atoms with Crippen molar-refractivity contribution < 1.29 is 8.78 Å². The van der Waals surface area contributed by atoms with Gasteiger partial charge in [0.15, 0.2) is 0 Å². The van der Waals surface area contributed by atoms with E-state index in [1.165, 1.54) is 18.2 Å². The van der Waals surface area contributed by atoms with Gasteiger partial charge in [-0.1, -0.05) is 47.5 Å². The first-order valence-corrected chi connectivity index (χ1v) is 6.38. The Morgan fingerprint density at radius 3 is 2.47 bits per heavy atom. The summed E-state index contributed by atoms with van der Waals surface area (Å²) in [4.78, 5) is 0. The molecule has 0 fully saturated rings. The van der Waals surface area contributed by atoms with E-state index in [9.17, 15) is 8.78 Å². The maximum atomic E-state index is 13.8. The molecule has 1 atom stereocenters. The molecule has 0 aliphatic heterocycles. The fourth-order valence-electron chi connectivity index (χ4n) is 1.86. The Morgan fingerprint density at radius 2 is 1.74 bits per heavy atom. The van der Waals surface area contributed by atoms with Gasteiger partial charge in [0.05, 0.1) is 10.0 Å². The summed E-state index contributed by atoms with van der Waals surface area (Å²) in [6.07, 6.45) is 0.230. The van der Waals surface area contributed by atoms with Crippen LogP contribution in [-0.2, 0) is 6.42 Å². The molecule has 5 heteroatoms. The first-order chi connectivity index (χ1) is 9.00. The SMILES string of the molecule is NC(Cc1cccc(F)c1Cl)c1cccc(Cl)c1F. The van der Waals surface area contributed by atoms with Crippen molar-refractivity contribution in [2.75, 3.05) is 0 Å². The molecule has 2 N–H and O–H groups in total. The van der Waals surface area contributed by atoms with E-state index in [1.807, 2.05) is 0 Å². The van der Waals surface area contributed by atoms with Gasteiger partial charge in [-0.15, -0.1) is 0 Å². The molecule has 0 amide bonds. The summed E-state index contributed by atoms with van der Waals surface area (Å²) in [6.45, 7) is 0. The van der Waals surface area contributed by atoms with Crippen LogP contribution in [0.3, 0.4) is 0 Å². The third kappa shape index (κ3) is 3.06. The van der Waals surface area contributed by atoms with Crippen LogP contribution in [0.2, 0.25) is 10.0 Å². The Bertz CT molecular complexity index is 602. The second-order valence-corrected chi connectivity index (χ2v) is 4.95. The van der Waals surface area contributed by atoms with E-state index in [4.69, 9.17) is 28.9 Å². The standard InChI is InChI=1S/C14H11Cl2F2N/c15-10-5-2-4-9(14(10)18)12(19)7-8-3-1-6-11(17)13(8)16/h1-6,12H,7,19H2. The molecule has 0 spiro atoms. The molecule has 0 bridgehead atoms. The Morgan fingerprint density at radius 1 is 1.05 bits per heavy atom. The fourth-order valence-corrected chi connectivity index (χ4v) is 2.24. The zero-order chi connectivity index (χ0) is 14.0. The highest BCUT2D eigenvalue weighted by molar-refractivity contribution is 6.31. The summed E-state index contributed by atoms with van der Waals surface area (Å²) in [5, 5.41) is 0.0266. The molecule has 1 nitrogen and oxygen atoms in total. The Balaban J connectivity index is 2.28. The highest BCUT2D eigenvalue weighted by atomic mass is 35.5. The molecule has 2 rings (SSSR count). The second-order valence-electron chi connectivity index (χ2n) is 4.17. The molecule has 0 aliphatic carbocycles. The molecular formula is C14H11Cl2F2N. The minimum absolute atomic E-state index is 0.0123. The van der Waals surface area contributed by atoms with Crippen LogP contribution >= 0.6 is 23.2 Å². The van der Waals surface area contributed by atoms with Crippen molar-refractivity contribution in [1.82, 2.24) is 0 Å². The molecular weight excluding hydrogens is 291 g/mol. The first kappa shape index (κ1) is 14.3. The van der Waals surface area contributed by atoms with Crippen molar-refractivity contribution in [2.24, 2.45) is 5.73 Å². The summed E-state index contributed by atoms with van der Waals surface area (Å²) in [7, 11) is 0. The van der Waals surface area contributed by atoms with Crippen LogP contribution in [0.25, 0.3) is 0 Å². The third-order valence-electron chi connectivity index (χ3n) is 2.85. The van der Waals surface area contributed by atoms with Gasteiger partial charge in [-0.25, -0.2) is 8.78 Å². The highest BCUT2D eigenvalue weighted by Gasteiger charge is 2.16. The lowest BCUT2D eigenvalue weighted by atomic mass is 9.99. The lowest BCUT2D eigenvalue weighted by Crippen LogP contribution is -2.15. The number of nitrogens with two attached hydrogens (primary N) is 1. The second kappa shape index (κ2) is 5.87. The summed E-state index contributed by atoms with van der Waals surface area (Å²) in [5.74, 6) is -1.07. The Labute approximate surface area is 119 Å². The van der Waals surface area contributed by atoms with Crippen LogP contribution in [0.4, 0.5) is 8.78 Å². The lowest BCUT2D eigenvalue weighted by Gasteiger charge is -2.14. The van der Waals surface area contributed by atoms with Gasteiger partial charge >= 0.3 is 0 Å². The van der Waals surface area contributed by atoms with Gasteiger partial charge in [0, 0.05) is 11.6 Å². The van der Waals surface area contributed by atoms with E-state index in [2.05, 4.69) is 0 Å². The van der Waals surface area contributed by atoms with E-state index in [1.54, 1.807) is 18.2 Å². The van der Waals surface area contributed by atoms with Crippen molar-refractivity contribution in [2.45, 2.75) is 12.5 Å². The minimum atomic E-state index is -0.641. The monoisotopic (exact) mass is 301 g/mol. The molecule has 0 radical (unpaired) electrons. The molecule has 0 saturated heterocycles. The van der Waals surface area contributed by atoms with Gasteiger partial charge < -0.3 is 5.73 Å². The van der Waals surface area contributed by atoms with Crippen LogP contribution in [0.15, 0.2) is 36.4 Å². The molecule has 2 aromatic rings. The summed E-state index contributed by atoms with van der Waals surface area (Å²) in [5.41, 5.74) is 6.76. The van der Waals surface area contributed by atoms with Gasteiger partial charge in [-0.05, 0) is 24.1 Å². The van der Waals surface area contributed by atoms with Gasteiger partial charge in [0.1, 0.15) is 11.6 Å². The van der Waals surface area contributed by atoms with E-state index < -0.39 is 17.7 Å². The summed E-state index contributed by atoms with van der Waals surface area (Å²) in [6, 6.07) is 8.44. The zero-order valence-electron chi connectivity index (χ0n) is 9.84. The predicted molar refractivity (Wildman–Crippen MR) is 73.5 cm³/mol. The molecule has 0 aliphatic rings. The topological polar surface area (TPSA) is 26.0 Å². The lowest BCUT2D eigenvalue weighted by molar-refractivity contribution is 0.579. The molecule has 0 heterocycles. The Hall–Kier alpha value is -1.16. The normalized spacial score (nSPS) is 12.5. The van der Waals surface area contributed by atoms with E-state index >= 15 is 0 Å². The van der Waals surface area contributed by atoms with Crippen molar-refractivity contribution in [3.63, 3.8) is 0 Å². The van der Waals surface area contributed by atoms with Gasteiger partial charge in [-0.2, -0.15) is 0 Å². The van der Waals surface area contributed by atoms with Crippen molar-refractivity contribution in [1.29, 1.82) is 0 Å². The molecule has 19 heavy (non-hydrogen) atoms. The van der Waals surface area contributed by atoms with Crippen LogP contribution in [0.5, 0.6) is 0 Å². The maximum absolute atomic E-state index is 13.8. The highest BCUT2D eigenvalue weighted by Crippen LogP contribution is 2.27. The average molecular weight is 302 g/mol. The predicted octanol–water partition coefficient (Wildman–Crippen LogP) is 4.51. The smallest absolute Gasteiger partial charge is 0.146 e. The third-order valence-corrected chi connectivity index (χ3v) is 3.57. The van der Waals surface area contributed by atoms with Gasteiger partial charge in [-0.3, -0.25) is 0 Å². The number of halogens is 4. The Kier molecular flexibility index (Phi) is 4.40. The van der Waals surface area contributed by atoms with Crippen molar-refractivity contribution >= 4 is 23.2 Å². The van der Waals surface area contributed by atoms with Crippen LogP contribution < -0.4 is 5.73 Å². The van der Waals surface area contributed by atoms with Crippen LogP contribution in [-0.4, -0.2) is 0 Å². The van der Waals surface area contributed by atoms with E-state index in [0.29, 0.717) is 5.56 Å². The van der Waals surface area contributed by atoms with E-state index in [-0.39, 0.29) is 22.0 Å². The molecule has 1 unspecified atom stereocenters. The van der Waals surface area contributed by atoms with E-state index in [0.717, 1.165) is 0 Å². The molecule has 2 aromatic carbocycles. The summed E-state index contributed by atoms with van der Waals surface area (Å²) >= 11 is 11.5.